The minimum atomic E-state index is -1.64. The van der Waals surface area contributed by atoms with Gasteiger partial charge in [0.15, 0.2) is 12.4 Å². The molecule has 0 saturated heterocycles. The Morgan fingerprint density at radius 3 is 2.61 bits per heavy atom. The van der Waals surface area contributed by atoms with Crippen molar-refractivity contribution >= 4 is 40.7 Å². The second-order valence-corrected chi connectivity index (χ2v) is 11.5. The van der Waals surface area contributed by atoms with Crippen molar-refractivity contribution in [3.63, 3.8) is 0 Å². The third-order valence-electron chi connectivity index (χ3n) is 9.01. The molecule has 0 amide bonds. The molecule has 0 heterocycles. The molecule has 4 aliphatic rings. The van der Waals surface area contributed by atoms with Gasteiger partial charge in [-0.3, -0.25) is 14.4 Å². The number of fused-ring (bicyclic) bond motifs is 5. The van der Waals surface area contributed by atoms with E-state index in [1.807, 2.05) is 19.9 Å². The Morgan fingerprint density at radius 1 is 1.29 bits per heavy atom. The molecular formula is C24H30Cl2O5. The maximum Gasteiger partial charge on any atom is 0.303 e. The average molecular weight is 469 g/mol. The average Bonchev–Trinajstić information content (AvgIpc) is 2.89. The van der Waals surface area contributed by atoms with Gasteiger partial charge >= 0.3 is 5.97 Å². The monoisotopic (exact) mass is 468 g/mol. The van der Waals surface area contributed by atoms with Gasteiger partial charge in [0.2, 0.25) is 5.78 Å². The van der Waals surface area contributed by atoms with E-state index in [0.717, 1.165) is 18.4 Å². The molecule has 7 heteroatoms. The van der Waals surface area contributed by atoms with Gasteiger partial charge in [-0.05, 0) is 55.6 Å². The van der Waals surface area contributed by atoms with Gasteiger partial charge in [-0.25, -0.2) is 0 Å². The molecule has 0 aromatic heterocycles. The fourth-order valence-electron chi connectivity index (χ4n) is 7.35. The van der Waals surface area contributed by atoms with Gasteiger partial charge in [0, 0.05) is 17.8 Å². The highest BCUT2D eigenvalue weighted by atomic mass is 35.5. The predicted octanol–water partition coefficient (Wildman–Crippen LogP) is 3.98. The van der Waals surface area contributed by atoms with Crippen LogP contribution in [-0.2, 0) is 19.1 Å². The zero-order chi connectivity index (χ0) is 23.0. The van der Waals surface area contributed by atoms with Crippen LogP contribution in [0.1, 0.15) is 53.4 Å². The van der Waals surface area contributed by atoms with E-state index in [4.69, 9.17) is 27.9 Å². The fraction of sp³-hybridized carbons (Fsp3) is 0.708. The van der Waals surface area contributed by atoms with Gasteiger partial charge in [0.05, 0.1) is 10.3 Å². The zero-order valence-electron chi connectivity index (χ0n) is 18.4. The Hall–Kier alpha value is -1.17. The second kappa shape index (κ2) is 7.16. The standard InChI is InChI=1S/C24H30Cl2O5/c1-13-9-18-17-6-5-15-10-16(28)7-8-21(15,3)23(17,26)19(25)11-22(18,4)24(13,30)20(29)12-31-14(2)27/h7-8,10,13,17-19,30H,5-6,9,11-12H2,1-4H3/t13-,17-,18-,19-,21-,22-,23-,24-/m0/s1. The van der Waals surface area contributed by atoms with E-state index in [9.17, 15) is 19.5 Å². The quantitative estimate of drug-likeness (QED) is 0.500. The molecule has 170 valence electrons. The lowest BCUT2D eigenvalue weighted by atomic mass is 9.46. The molecule has 0 radical (unpaired) electrons. The normalized spacial score (nSPS) is 48.4. The van der Waals surface area contributed by atoms with E-state index < -0.39 is 45.0 Å². The first-order valence-electron chi connectivity index (χ1n) is 11.0. The largest absolute Gasteiger partial charge is 0.458 e. The van der Waals surface area contributed by atoms with Crippen LogP contribution in [0.4, 0.5) is 0 Å². The van der Waals surface area contributed by atoms with Crippen molar-refractivity contribution in [1.29, 1.82) is 0 Å². The number of esters is 1. The van der Waals surface area contributed by atoms with Crippen molar-refractivity contribution in [3.05, 3.63) is 23.8 Å². The number of Topliss-reactive ketones (excluding diaryl/α,β-unsaturated/α-hetero) is 1. The third-order valence-corrected chi connectivity index (χ3v) is 10.6. The van der Waals surface area contributed by atoms with Crippen LogP contribution >= 0.6 is 23.2 Å². The smallest absolute Gasteiger partial charge is 0.303 e. The minimum Gasteiger partial charge on any atom is -0.458 e. The molecule has 5 nitrogen and oxygen atoms in total. The van der Waals surface area contributed by atoms with Crippen LogP contribution in [0.2, 0.25) is 0 Å². The van der Waals surface area contributed by atoms with Crippen molar-refractivity contribution in [3.8, 4) is 0 Å². The van der Waals surface area contributed by atoms with Crippen LogP contribution in [-0.4, -0.2) is 45.1 Å². The van der Waals surface area contributed by atoms with Crippen LogP contribution in [0.5, 0.6) is 0 Å². The molecule has 31 heavy (non-hydrogen) atoms. The number of aliphatic hydroxyl groups is 1. The van der Waals surface area contributed by atoms with Crippen LogP contribution < -0.4 is 0 Å². The molecule has 0 aliphatic heterocycles. The number of carbonyl (C=O) groups excluding carboxylic acids is 3. The molecule has 0 spiro atoms. The van der Waals surface area contributed by atoms with Gasteiger partial charge in [-0.15, -0.1) is 23.2 Å². The number of carbonyl (C=O) groups is 3. The maximum absolute atomic E-state index is 13.2. The van der Waals surface area contributed by atoms with Crippen molar-refractivity contribution in [2.24, 2.45) is 28.6 Å². The highest BCUT2D eigenvalue weighted by molar-refractivity contribution is 6.34. The first-order valence-corrected chi connectivity index (χ1v) is 11.8. The van der Waals surface area contributed by atoms with E-state index >= 15 is 0 Å². The molecule has 3 saturated carbocycles. The van der Waals surface area contributed by atoms with Gasteiger partial charge in [-0.1, -0.05) is 32.4 Å². The molecule has 0 unspecified atom stereocenters. The van der Waals surface area contributed by atoms with Gasteiger partial charge < -0.3 is 9.84 Å². The summed E-state index contributed by atoms with van der Waals surface area (Å²) in [6.45, 7) is 6.66. The molecule has 3 fully saturated rings. The van der Waals surface area contributed by atoms with E-state index in [-0.39, 0.29) is 23.5 Å². The van der Waals surface area contributed by atoms with Crippen molar-refractivity contribution in [2.75, 3.05) is 6.61 Å². The number of allylic oxidation sites excluding steroid dienone is 4. The van der Waals surface area contributed by atoms with Crippen molar-refractivity contribution in [1.82, 2.24) is 0 Å². The number of ether oxygens (including phenoxy) is 1. The summed E-state index contributed by atoms with van der Waals surface area (Å²) in [5.41, 5.74) is -1.99. The minimum absolute atomic E-state index is 0.0225. The first-order chi connectivity index (χ1) is 14.3. The summed E-state index contributed by atoms with van der Waals surface area (Å²) in [4.78, 5) is 35.6. The Kier molecular flexibility index (Phi) is 5.32. The van der Waals surface area contributed by atoms with Crippen LogP contribution in [0.15, 0.2) is 23.8 Å². The van der Waals surface area contributed by atoms with E-state index in [0.29, 0.717) is 12.8 Å². The van der Waals surface area contributed by atoms with E-state index in [1.165, 1.54) is 6.92 Å². The molecule has 4 rings (SSSR count). The Balaban J connectivity index is 1.76. The summed E-state index contributed by atoms with van der Waals surface area (Å²) in [5.74, 6) is -1.43. The molecule has 1 N–H and O–H groups in total. The fourth-order valence-corrected chi connectivity index (χ4v) is 8.58. The van der Waals surface area contributed by atoms with Gasteiger partial charge in [0.1, 0.15) is 5.60 Å². The SMILES string of the molecule is CC(=O)OCC(=O)[C@@]1(O)[C@@H](C)C[C@H]2[C@@H]3CCC4=CC(=O)C=C[C@]4(C)[C@@]3(Cl)[C@@H](Cl)C[C@@]21C. The Bertz CT molecular complexity index is 912. The zero-order valence-corrected chi connectivity index (χ0v) is 19.9. The van der Waals surface area contributed by atoms with Crippen LogP contribution in [0.25, 0.3) is 0 Å². The van der Waals surface area contributed by atoms with Gasteiger partial charge in [-0.2, -0.15) is 0 Å². The number of rotatable bonds is 3. The van der Waals surface area contributed by atoms with Gasteiger partial charge in [0.25, 0.3) is 0 Å². The van der Waals surface area contributed by atoms with Crippen LogP contribution in [0, 0.1) is 28.6 Å². The summed E-state index contributed by atoms with van der Waals surface area (Å²) in [5, 5.41) is 11.3. The van der Waals surface area contributed by atoms with E-state index in [1.54, 1.807) is 12.2 Å². The highest BCUT2D eigenvalue weighted by Gasteiger charge is 2.74. The lowest BCUT2D eigenvalue weighted by molar-refractivity contribution is -0.172. The topological polar surface area (TPSA) is 80.7 Å². The molecule has 0 aromatic carbocycles. The number of ketones is 2. The molecule has 0 bridgehead atoms. The Labute approximate surface area is 193 Å². The number of hydrogen-bond donors (Lipinski definition) is 1. The lowest BCUT2D eigenvalue weighted by Crippen LogP contribution is -2.67. The number of halogens is 2. The van der Waals surface area contributed by atoms with Crippen molar-refractivity contribution < 1.29 is 24.2 Å². The first kappa shape index (κ1) is 23.0. The molecule has 4 aliphatic carbocycles. The molecular weight excluding hydrogens is 439 g/mol. The highest BCUT2D eigenvalue weighted by Crippen LogP contribution is 2.72. The molecule has 8 atom stereocenters. The number of hydrogen-bond acceptors (Lipinski definition) is 5. The van der Waals surface area contributed by atoms with Crippen molar-refractivity contribution in [2.45, 2.75) is 69.2 Å². The molecule has 0 aromatic rings. The number of alkyl halides is 2. The summed E-state index contributed by atoms with van der Waals surface area (Å²) in [7, 11) is 0. The maximum atomic E-state index is 13.2. The third kappa shape index (κ3) is 2.82. The predicted molar refractivity (Wildman–Crippen MR) is 118 cm³/mol. The summed E-state index contributed by atoms with van der Waals surface area (Å²) < 4.78 is 4.95. The lowest BCUT2D eigenvalue weighted by Gasteiger charge is -2.63. The summed E-state index contributed by atoms with van der Waals surface area (Å²) in [6.07, 6.45) is 7.64. The summed E-state index contributed by atoms with van der Waals surface area (Å²) >= 11 is 14.5. The van der Waals surface area contributed by atoms with Crippen LogP contribution in [0.3, 0.4) is 0 Å². The summed E-state index contributed by atoms with van der Waals surface area (Å²) in [6, 6.07) is 0. The second-order valence-electron chi connectivity index (χ2n) is 10.3. The van der Waals surface area contributed by atoms with E-state index in [2.05, 4.69) is 6.92 Å². The Morgan fingerprint density at radius 2 is 1.97 bits per heavy atom.